The minimum atomic E-state index is 0.243. The number of hydrogen-bond acceptors (Lipinski definition) is 3. The Labute approximate surface area is 117 Å². The standard InChI is InChI=1S/C15H14ClNO2/c1-2-7-19-15-6-5-13(16)9-12(15)10-17-11-14-4-3-8-18-14/h1,3-6,8-9,17H,7,10-11H2. The predicted molar refractivity (Wildman–Crippen MR) is 75.0 cm³/mol. The second-order valence-corrected chi connectivity index (χ2v) is 4.36. The third-order valence-corrected chi connectivity index (χ3v) is 2.76. The van der Waals surface area contributed by atoms with Crippen LogP contribution in [0.4, 0.5) is 0 Å². The van der Waals surface area contributed by atoms with Gasteiger partial charge in [0, 0.05) is 17.1 Å². The minimum Gasteiger partial charge on any atom is -0.481 e. The van der Waals surface area contributed by atoms with E-state index in [4.69, 9.17) is 27.2 Å². The highest BCUT2D eigenvalue weighted by Gasteiger charge is 2.05. The number of furan rings is 1. The molecule has 1 heterocycles. The Morgan fingerprint density at radius 2 is 2.21 bits per heavy atom. The molecule has 98 valence electrons. The third kappa shape index (κ3) is 4.06. The van der Waals surface area contributed by atoms with Gasteiger partial charge in [-0.15, -0.1) is 6.42 Å². The van der Waals surface area contributed by atoms with Gasteiger partial charge < -0.3 is 14.5 Å². The summed E-state index contributed by atoms with van der Waals surface area (Å²) in [6.45, 7) is 1.52. The van der Waals surface area contributed by atoms with Gasteiger partial charge in [0.25, 0.3) is 0 Å². The number of rotatable bonds is 6. The van der Waals surface area contributed by atoms with Gasteiger partial charge in [-0.2, -0.15) is 0 Å². The van der Waals surface area contributed by atoms with Crippen LogP contribution in [0.1, 0.15) is 11.3 Å². The maximum absolute atomic E-state index is 5.99. The van der Waals surface area contributed by atoms with Gasteiger partial charge >= 0.3 is 0 Å². The van der Waals surface area contributed by atoms with Crippen LogP contribution >= 0.6 is 11.6 Å². The first-order valence-electron chi connectivity index (χ1n) is 5.87. The van der Waals surface area contributed by atoms with Gasteiger partial charge in [0.15, 0.2) is 0 Å². The molecule has 1 aromatic carbocycles. The number of terminal acetylenes is 1. The summed E-state index contributed by atoms with van der Waals surface area (Å²) < 4.78 is 10.7. The Kier molecular flexibility index (Phi) is 4.91. The first-order chi connectivity index (χ1) is 9.29. The van der Waals surface area contributed by atoms with Crippen LogP contribution in [-0.2, 0) is 13.1 Å². The van der Waals surface area contributed by atoms with Crippen molar-refractivity contribution < 1.29 is 9.15 Å². The van der Waals surface area contributed by atoms with Crippen LogP contribution in [0.5, 0.6) is 5.75 Å². The summed E-state index contributed by atoms with van der Waals surface area (Å²) in [6.07, 6.45) is 6.84. The molecule has 0 atom stereocenters. The number of halogens is 1. The zero-order valence-corrected chi connectivity index (χ0v) is 11.1. The van der Waals surface area contributed by atoms with Gasteiger partial charge in [-0.1, -0.05) is 17.5 Å². The molecule has 2 aromatic rings. The summed E-state index contributed by atoms with van der Waals surface area (Å²) >= 11 is 5.99. The molecule has 1 N–H and O–H groups in total. The maximum atomic E-state index is 5.99. The molecule has 0 aliphatic heterocycles. The van der Waals surface area contributed by atoms with Gasteiger partial charge in [0.05, 0.1) is 12.8 Å². The zero-order chi connectivity index (χ0) is 13.5. The minimum absolute atomic E-state index is 0.243. The lowest BCUT2D eigenvalue weighted by Crippen LogP contribution is -2.13. The fraction of sp³-hybridized carbons (Fsp3) is 0.200. The Balaban J connectivity index is 1.97. The summed E-state index contributed by atoms with van der Waals surface area (Å²) in [5.41, 5.74) is 0.967. The van der Waals surface area contributed by atoms with Gasteiger partial charge in [0.1, 0.15) is 18.1 Å². The first kappa shape index (κ1) is 13.5. The smallest absolute Gasteiger partial charge is 0.148 e. The van der Waals surface area contributed by atoms with Crippen LogP contribution < -0.4 is 10.1 Å². The Hall–Kier alpha value is -1.89. The highest BCUT2D eigenvalue weighted by Crippen LogP contribution is 2.22. The molecule has 2 rings (SSSR count). The van der Waals surface area contributed by atoms with Crippen molar-refractivity contribution in [2.45, 2.75) is 13.1 Å². The van der Waals surface area contributed by atoms with E-state index in [1.807, 2.05) is 24.3 Å². The van der Waals surface area contributed by atoms with Crippen molar-refractivity contribution in [2.24, 2.45) is 0 Å². The van der Waals surface area contributed by atoms with E-state index in [1.165, 1.54) is 0 Å². The van der Waals surface area contributed by atoms with Crippen molar-refractivity contribution in [2.75, 3.05) is 6.61 Å². The summed E-state index contributed by atoms with van der Waals surface area (Å²) in [4.78, 5) is 0. The van der Waals surface area contributed by atoms with E-state index in [9.17, 15) is 0 Å². The van der Waals surface area contributed by atoms with E-state index in [-0.39, 0.29) is 6.61 Å². The maximum Gasteiger partial charge on any atom is 0.148 e. The van der Waals surface area contributed by atoms with Crippen LogP contribution in [0.3, 0.4) is 0 Å². The normalized spacial score (nSPS) is 10.1. The summed E-state index contributed by atoms with van der Waals surface area (Å²) in [5, 5.41) is 3.93. The first-order valence-corrected chi connectivity index (χ1v) is 6.25. The molecule has 0 bridgehead atoms. The third-order valence-electron chi connectivity index (χ3n) is 2.53. The zero-order valence-electron chi connectivity index (χ0n) is 10.4. The number of ether oxygens (including phenoxy) is 1. The lowest BCUT2D eigenvalue weighted by atomic mass is 10.2. The number of hydrogen-bond donors (Lipinski definition) is 1. The molecule has 0 aliphatic rings. The summed E-state index contributed by atoms with van der Waals surface area (Å²) in [6, 6.07) is 9.24. The lowest BCUT2D eigenvalue weighted by Gasteiger charge is -2.10. The van der Waals surface area contributed by atoms with Crippen molar-refractivity contribution >= 4 is 11.6 Å². The summed E-state index contributed by atoms with van der Waals surface area (Å²) in [5.74, 6) is 4.07. The highest BCUT2D eigenvalue weighted by molar-refractivity contribution is 6.30. The van der Waals surface area contributed by atoms with Crippen LogP contribution in [0.15, 0.2) is 41.0 Å². The molecule has 0 aliphatic carbocycles. The average molecular weight is 276 g/mol. The van der Waals surface area contributed by atoms with Crippen molar-refractivity contribution in [3.63, 3.8) is 0 Å². The molecule has 0 spiro atoms. The van der Waals surface area contributed by atoms with Crippen molar-refractivity contribution in [3.8, 4) is 18.1 Å². The SMILES string of the molecule is C#CCOc1ccc(Cl)cc1CNCc1ccco1. The van der Waals surface area contributed by atoms with Crippen LogP contribution in [0, 0.1) is 12.3 Å². The molecule has 0 saturated heterocycles. The van der Waals surface area contributed by atoms with Crippen LogP contribution in [0.25, 0.3) is 0 Å². The van der Waals surface area contributed by atoms with Crippen LogP contribution in [-0.4, -0.2) is 6.61 Å². The molecule has 19 heavy (non-hydrogen) atoms. The van der Waals surface area contributed by atoms with Crippen molar-refractivity contribution in [1.29, 1.82) is 0 Å². The molecule has 0 unspecified atom stereocenters. The highest BCUT2D eigenvalue weighted by atomic mass is 35.5. The Morgan fingerprint density at radius 3 is 2.95 bits per heavy atom. The van der Waals surface area contributed by atoms with E-state index in [2.05, 4.69) is 11.2 Å². The van der Waals surface area contributed by atoms with E-state index < -0.39 is 0 Å². The largest absolute Gasteiger partial charge is 0.481 e. The predicted octanol–water partition coefficient (Wildman–Crippen LogP) is 3.23. The van der Waals surface area contributed by atoms with E-state index in [0.29, 0.717) is 18.1 Å². The van der Waals surface area contributed by atoms with E-state index in [0.717, 1.165) is 17.1 Å². The fourth-order valence-corrected chi connectivity index (χ4v) is 1.87. The average Bonchev–Trinajstić information content (AvgIpc) is 2.91. The quantitative estimate of drug-likeness (QED) is 0.822. The van der Waals surface area contributed by atoms with Gasteiger partial charge in [-0.05, 0) is 30.3 Å². The monoisotopic (exact) mass is 275 g/mol. The second-order valence-electron chi connectivity index (χ2n) is 3.93. The number of benzene rings is 1. The molecular weight excluding hydrogens is 262 g/mol. The molecule has 0 radical (unpaired) electrons. The molecule has 0 fully saturated rings. The van der Waals surface area contributed by atoms with Crippen molar-refractivity contribution in [3.05, 3.63) is 52.9 Å². The fourth-order valence-electron chi connectivity index (χ4n) is 1.68. The molecule has 0 amide bonds. The van der Waals surface area contributed by atoms with Crippen molar-refractivity contribution in [1.82, 2.24) is 5.32 Å². The van der Waals surface area contributed by atoms with Crippen LogP contribution in [0.2, 0.25) is 5.02 Å². The van der Waals surface area contributed by atoms with Gasteiger partial charge in [-0.3, -0.25) is 0 Å². The Morgan fingerprint density at radius 1 is 1.32 bits per heavy atom. The number of nitrogens with one attached hydrogen (secondary N) is 1. The lowest BCUT2D eigenvalue weighted by molar-refractivity contribution is 0.364. The molecular formula is C15H14ClNO2. The van der Waals surface area contributed by atoms with E-state index in [1.54, 1.807) is 12.3 Å². The van der Waals surface area contributed by atoms with E-state index >= 15 is 0 Å². The molecule has 0 saturated carbocycles. The molecule has 1 aromatic heterocycles. The second kappa shape index (κ2) is 6.89. The molecule has 3 nitrogen and oxygen atoms in total. The molecule has 4 heteroatoms. The van der Waals surface area contributed by atoms with Gasteiger partial charge in [0.2, 0.25) is 0 Å². The Bertz CT molecular complexity index is 558. The van der Waals surface area contributed by atoms with Gasteiger partial charge in [-0.25, -0.2) is 0 Å². The topological polar surface area (TPSA) is 34.4 Å². The summed E-state index contributed by atoms with van der Waals surface area (Å²) in [7, 11) is 0.